The summed E-state index contributed by atoms with van der Waals surface area (Å²) in [5.74, 6) is 0.464. The molecule has 4 rings (SSSR count). The summed E-state index contributed by atoms with van der Waals surface area (Å²) in [7, 11) is 1.71. The van der Waals surface area contributed by atoms with Gasteiger partial charge in [0.25, 0.3) is 11.3 Å². The van der Waals surface area contributed by atoms with Crippen LogP contribution >= 0.6 is 0 Å². The second kappa shape index (κ2) is 3.78. The number of rotatable bonds is 0. The Bertz CT molecular complexity index is 935. The van der Waals surface area contributed by atoms with Gasteiger partial charge in [-0.2, -0.15) is 4.52 Å². The number of aromatic nitrogens is 5. The van der Waals surface area contributed by atoms with Gasteiger partial charge in [-0.15, -0.1) is 0 Å². The van der Waals surface area contributed by atoms with E-state index in [1.807, 2.05) is 18.2 Å². The molecule has 0 spiro atoms. The molecule has 3 aromatic rings. The lowest BCUT2D eigenvalue weighted by Gasteiger charge is -2.33. The van der Waals surface area contributed by atoms with Gasteiger partial charge in [0.1, 0.15) is 0 Å². The lowest BCUT2D eigenvalue weighted by atomic mass is 9.72. The van der Waals surface area contributed by atoms with Crippen molar-refractivity contribution in [2.75, 3.05) is 0 Å². The van der Waals surface area contributed by atoms with E-state index in [2.05, 4.69) is 35.4 Å². The number of tetrazole rings is 1. The van der Waals surface area contributed by atoms with E-state index >= 15 is 0 Å². The van der Waals surface area contributed by atoms with Crippen LogP contribution < -0.4 is 5.56 Å². The standard InChI is InChI=1S/C15H15N5O/c1-15(2)8-9-6-4-5-7-10(9)12-11(15)13(21)19(3)14-16-17-18-20(12)14/h4-7H,8H2,1-3H3. The largest absolute Gasteiger partial charge is 0.278 e. The molecule has 0 saturated carbocycles. The fraction of sp³-hybridized carbons (Fsp3) is 0.333. The van der Waals surface area contributed by atoms with Crippen LogP contribution in [0.3, 0.4) is 0 Å². The Balaban J connectivity index is 2.29. The smallest absolute Gasteiger partial charge is 0.259 e. The number of benzene rings is 1. The summed E-state index contributed by atoms with van der Waals surface area (Å²) < 4.78 is 3.20. The first-order valence-corrected chi connectivity index (χ1v) is 6.90. The van der Waals surface area contributed by atoms with Gasteiger partial charge in [-0.3, -0.25) is 9.36 Å². The van der Waals surface area contributed by atoms with Gasteiger partial charge < -0.3 is 0 Å². The molecule has 0 saturated heterocycles. The average Bonchev–Trinajstić information content (AvgIpc) is 2.92. The highest BCUT2D eigenvalue weighted by Crippen LogP contribution is 2.40. The molecule has 0 fully saturated rings. The highest BCUT2D eigenvalue weighted by molar-refractivity contribution is 5.73. The summed E-state index contributed by atoms with van der Waals surface area (Å²) >= 11 is 0. The van der Waals surface area contributed by atoms with Crippen LogP contribution in [0.25, 0.3) is 17.0 Å². The molecule has 6 nitrogen and oxygen atoms in total. The molecular formula is C15H15N5O. The second-order valence-corrected chi connectivity index (χ2v) is 6.20. The first-order chi connectivity index (χ1) is 10.0. The fourth-order valence-electron chi connectivity index (χ4n) is 3.33. The van der Waals surface area contributed by atoms with E-state index in [-0.39, 0.29) is 11.0 Å². The summed E-state index contributed by atoms with van der Waals surface area (Å²) in [5, 5.41) is 11.8. The molecule has 2 aromatic heterocycles. The Hall–Kier alpha value is -2.50. The van der Waals surface area contributed by atoms with Gasteiger partial charge in [0.15, 0.2) is 0 Å². The van der Waals surface area contributed by atoms with Crippen molar-refractivity contribution < 1.29 is 0 Å². The number of hydrogen-bond acceptors (Lipinski definition) is 4. The maximum absolute atomic E-state index is 12.8. The molecular weight excluding hydrogens is 266 g/mol. The van der Waals surface area contributed by atoms with Crippen LogP contribution in [0.5, 0.6) is 0 Å². The average molecular weight is 281 g/mol. The van der Waals surface area contributed by atoms with Crippen molar-refractivity contribution in [3.8, 4) is 11.3 Å². The van der Waals surface area contributed by atoms with Gasteiger partial charge in [0, 0.05) is 18.0 Å². The maximum Gasteiger partial charge on any atom is 0.259 e. The molecule has 0 amide bonds. The molecule has 0 radical (unpaired) electrons. The molecule has 0 N–H and O–H groups in total. The molecule has 0 bridgehead atoms. The molecule has 1 aliphatic rings. The third-order valence-corrected chi connectivity index (χ3v) is 4.30. The lowest BCUT2D eigenvalue weighted by Crippen LogP contribution is -2.38. The predicted octanol–water partition coefficient (Wildman–Crippen LogP) is 1.32. The van der Waals surface area contributed by atoms with Crippen molar-refractivity contribution in [2.24, 2.45) is 7.05 Å². The number of aryl methyl sites for hydroxylation is 1. The van der Waals surface area contributed by atoms with E-state index in [0.717, 1.165) is 23.2 Å². The van der Waals surface area contributed by atoms with Crippen molar-refractivity contribution in [3.05, 3.63) is 45.7 Å². The molecule has 6 heteroatoms. The summed E-state index contributed by atoms with van der Waals surface area (Å²) in [6, 6.07) is 8.14. The predicted molar refractivity (Wildman–Crippen MR) is 78.2 cm³/mol. The van der Waals surface area contributed by atoms with Crippen molar-refractivity contribution in [1.29, 1.82) is 0 Å². The maximum atomic E-state index is 12.8. The first kappa shape index (κ1) is 12.3. The minimum absolute atomic E-state index is 0.0215. The number of hydrogen-bond donors (Lipinski definition) is 0. The fourth-order valence-corrected chi connectivity index (χ4v) is 3.33. The Morgan fingerprint density at radius 1 is 1.24 bits per heavy atom. The normalized spacial score (nSPS) is 15.8. The Labute approximate surface area is 121 Å². The molecule has 106 valence electrons. The third kappa shape index (κ3) is 1.47. The summed E-state index contributed by atoms with van der Waals surface area (Å²) in [6.45, 7) is 4.19. The van der Waals surface area contributed by atoms with Crippen molar-refractivity contribution in [2.45, 2.75) is 25.7 Å². The SMILES string of the molecule is Cn1c(=O)c2c(n3nnnc13)-c1ccccc1CC2(C)C. The Morgan fingerprint density at radius 3 is 2.81 bits per heavy atom. The summed E-state index contributed by atoms with van der Waals surface area (Å²) in [6.07, 6.45) is 0.832. The van der Waals surface area contributed by atoms with Crippen molar-refractivity contribution in [3.63, 3.8) is 0 Å². The van der Waals surface area contributed by atoms with E-state index in [1.54, 1.807) is 11.6 Å². The molecule has 0 atom stereocenters. The van der Waals surface area contributed by atoms with Crippen molar-refractivity contribution in [1.82, 2.24) is 24.6 Å². The Kier molecular flexibility index (Phi) is 2.21. The molecule has 1 aliphatic carbocycles. The zero-order valence-corrected chi connectivity index (χ0v) is 12.2. The highest BCUT2D eigenvalue weighted by atomic mass is 16.1. The van der Waals surface area contributed by atoms with E-state index < -0.39 is 0 Å². The van der Waals surface area contributed by atoms with E-state index in [4.69, 9.17) is 0 Å². The van der Waals surface area contributed by atoms with Gasteiger partial charge in [0.05, 0.1) is 11.3 Å². The summed E-state index contributed by atoms with van der Waals surface area (Å²) in [4.78, 5) is 12.8. The van der Waals surface area contributed by atoms with Crippen LogP contribution in [0, 0.1) is 0 Å². The van der Waals surface area contributed by atoms with Crippen LogP contribution in [0.4, 0.5) is 0 Å². The van der Waals surface area contributed by atoms with Crippen molar-refractivity contribution >= 4 is 5.78 Å². The minimum Gasteiger partial charge on any atom is -0.278 e. The quantitative estimate of drug-likeness (QED) is 0.623. The highest BCUT2D eigenvalue weighted by Gasteiger charge is 2.36. The van der Waals surface area contributed by atoms with Crippen LogP contribution in [0.2, 0.25) is 0 Å². The van der Waals surface area contributed by atoms with E-state index in [0.29, 0.717) is 5.78 Å². The summed E-state index contributed by atoms with van der Waals surface area (Å²) in [5.41, 5.74) is 3.60. The molecule has 2 heterocycles. The third-order valence-electron chi connectivity index (χ3n) is 4.30. The molecule has 0 aliphatic heterocycles. The van der Waals surface area contributed by atoms with E-state index in [9.17, 15) is 4.79 Å². The van der Waals surface area contributed by atoms with Crippen LogP contribution in [0.1, 0.15) is 25.0 Å². The second-order valence-electron chi connectivity index (χ2n) is 6.20. The number of nitrogens with zero attached hydrogens (tertiary/aromatic N) is 5. The van der Waals surface area contributed by atoms with Crippen LogP contribution in [-0.4, -0.2) is 24.6 Å². The van der Waals surface area contributed by atoms with Crippen LogP contribution in [-0.2, 0) is 18.9 Å². The topological polar surface area (TPSA) is 65.1 Å². The van der Waals surface area contributed by atoms with Gasteiger partial charge in [0.2, 0.25) is 0 Å². The zero-order valence-electron chi connectivity index (χ0n) is 12.2. The molecule has 0 unspecified atom stereocenters. The number of fused-ring (bicyclic) bond motifs is 5. The first-order valence-electron chi connectivity index (χ1n) is 6.90. The molecule has 21 heavy (non-hydrogen) atoms. The van der Waals surface area contributed by atoms with Gasteiger partial charge in [-0.25, -0.2) is 0 Å². The lowest BCUT2D eigenvalue weighted by molar-refractivity contribution is 0.499. The monoisotopic (exact) mass is 281 g/mol. The zero-order chi connectivity index (χ0) is 14.8. The van der Waals surface area contributed by atoms with Gasteiger partial charge in [-0.05, 0) is 22.4 Å². The van der Waals surface area contributed by atoms with Gasteiger partial charge in [-0.1, -0.05) is 43.2 Å². The molecule has 1 aromatic carbocycles. The van der Waals surface area contributed by atoms with Crippen LogP contribution in [0.15, 0.2) is 29.1 Å². The Morgan fingerprint density at radius 2 is 2.00 bits per heavy atom. The van der Waals surface area contributed by atoms with E-state index in [1.165, 1.54) is 10.1 Å². The minimum atomic E-state index is -0.251. The van der Waals surface area contributed by atoms with Gasteiger partial charge >= 0.3 is 0 Å².